The molecule has 1 aliphatic rings. The van der Waals surface area contributed by atoms with E-state index in [0.29, 0.717) is 24.5 Å². The molecule has 0 bridgehead atoms. The molecular formula is C15H20N2O4. The molecule has 0 heterocycles. The van der Waals surface area contributed by atoms with Gasteiger partial charge in [-0.3, -0.25) is 9.59 Å². The van der Waals surface area contributed by atoms with Crippen molar-refractivity contribution in [2.45, 2.75) is 6.42 Å². The van der Waals surface area contributed by atoms with Crippen LogP contribution >= 0.6 is 0 Å². The molecule has 0 aliphatic heterocycles. The number of anilines is 1. The van der Waals surface area contributed by atoms with Crippen LogP contribution in [0.3, 0.4) is 0 Å². The normalized spacial score (nSPS) is 20.1. The van der Waals surface area contributed by atoms with E-state index >= 15 is 0 Å². The van der Waals surface area contributed by atoms with Crippen LogP contribution in [0.1, 0.15) is 6.42 Å². The van der Waals surface area contributed by atoms with E-state index in [9.17, 15) is 9.59 Å². The second-order valence-corrected chi connectivity index (χ2v) is 5.46. The Balaban J connectivity index is 1.86. The van der Waals surface area contributed by atoms with Gasteiger partial charge in [0.15, 0.2) is 0 Å². The maximum Gasteiger partial charge on any atom is 0.307 e. The van der Waals surface area contributed by atoms with Gasteiger partial charge in [-0.25, -0.2) is 0 Å². The molecule has 2 N–H and O–H groups in total. The van der Waals surface area contributed by atoms with Gasteiger partial charge >= 0.3 is 5.97 Å². The highest BCUT2D eigenvalue weighted by atomic mass is 16.5. The van der Waals surface area contributed by atoms with Gasteiger partial charge in [0.2, 0.25) is 5.91 Å². The van der Waals surface area contributed by atoms with Crippen molar-refractivity contribution in [1.82, 2.24) is 4.90 Å². The number of amides is 1. The van der Waals surface area contributed by atoms with Gasteiger partial charge in [-0.15, -0.1) is 0 Å². The number of hydrogen-bond acceptors (Lipinski definition) is 4. The second kappa shape index (κ2) is 6.58. The van der Waals surface area contributed by atoms with Gasteiger partial charge in [0.1, 0.15) is 12.4 Å². The summed E-state index contributed by atoms with van der Waals surface area (Å²) in [4.78, 5) is 24.7. The molecule has 0 spiro atoms. The average molecular weight is 292 g/mol. The van der Waals surface area contributed by atoms with Gasteiger partial charge in [0.05, 0.1) is 11.8 Å². The lowest BCUT2D eigenvalue weighted by Crippen LogP contribution is -2.19. The quantitative estimate of drug-likeness (QED) is 0.791. The number of hydrogen-bond donors (Lipinski definition) is 2. The molecule has 0 radical (unpaired) electrons. The molecule has 1 saturated carbocycles. The molecule has 1 amide bonds. The van der Waals surface area contributed by atoms with Crippen LogP contribution in [0.5, 0.6) is 5.75 Å². The van der Waals surface area contributed by atoms with Gasteiger partial charge in [-0.1, -0.05) is 6.07 Å². The van der Waals surface area contributed by atoms with Crippen LogP contribution in [0.2, 0.25) is 0 Å². The van der Waals surface area contributed by atoms with Crippen LogP contribution in [0.15, 0.2) is 24.3 Å². The minimum Gasteiger partial charge on any atom is -0.492 e. The summed E-state index contributed by atoms with van der Waals surface area (Å²) in [5.74, 6) is -1.42. The van der Waals surface area contributed by atoms with Crippen molar-refractivity contribution in [2.24, 2.45) is 11.8 Å². The van der Waals surface area contributed by atoms with E-state index in [1.807, 2.05) is 25.1 Å². The van der Waals surface area contributed by atoms with Crippen LogP contribution in [0.25, 0.3) is 0 Å². The van der Waals surface area contributed by atoms with E-state index in [1.54, 1.807) is 18.2 Å². The molecule has 2 rings (SSSR count). The van der Waals surface area contributed by atoms with Crippen molar-refractivity contribution in [1.29, 1.82) is 0 Å². The summed E-state index contributed by atoms with van der Waals surface area (Å²) >= 11 is 0. The van der Waals surface area contributed by atoms with Crippen molar-refractivity contribution in [3.05, 3.63) is 24.3 Å². The van der Waals surface area contributed by atoms with E-state index in [2.05, 4.69) is 5.32 Å². The summed E-state index contributed by atoms with van der Waals surface area (Å²) in [6.07, 6.45) is 0.417. The Hall–Kier alpha value is -2.08. The van der Waals surface area contributed by atoms with E-state index in [-0.39, 0.29) is 5.91 Å². The minimum absolute atomic E-state index is 0.243. The number of carbonyl (C=O) groups excluding carboxylic acids is 1. The van der Waals surface area contributed by atoms with E-state index in [1.165, 1.54) is 0 Å². The smallest absolute Gasteiger partial charge is 0.307 e. The Morgan fingerprint density at radius 2 is 2.14 bits per heavy atom. The van der Waals surface area contributed by atoms with E-state index < -0.39 is 17.8 Å². The number of aliphatic carboxylic acids is 1. The van der Waals surface area contributed by atoms with E-state index in [0.717, 1.165) is 6.54 Å². The highest BCUT2D eigenvalue weighted by Crippen LogP contribution is 2.39. The first-order valence-corrected chi connectivity index (χ1v) is 6.88. The number of carbonyl (C=O) groups is 2. The molecule has 0 saturated heterocycles. The summed E-state index contributed by atoms with van der Waals surface area (Å²) in [5.41, 5.74) is 0.624. The number of nitrogens with zero attached hydrogens (tertiary/aromatic N) is 1. The van der Waals surface area contributed by atoms with Crippen LogP contribution in [-0.2, 0) is 9.59 Å². The fourth-order valence-corrected chi connectivity index (χ4v) is 2.00. The van der Waals surface area contributed by atoms with Crippen LogP contribution in [0, 0.1) is 11.8 Å². The Kier molecular flexibility index (Phi) is 4.80. The van der Waals surface area contributed by atoms with Crippen LogP contribution in [0.4, 0.5) is 5.69 Å². The van der Waals surface area contributed by atoms with Crippen molar-refractivity contribution in [3.63, 3.8) is 0 Å². The van der Waals surface area contributed by atoms with Gasteiger partial charge in [0, 0.05) is 18.3 Å². The number of carboxylic acid groups (broad SMARTS) is 1. The Bertz CT molecular complexity index is 530. The summed E-state index contributed by atoms with van der Waals surface area (Å²) in [6.45, 7) is 1.37. The first kappa shape index (κ1) is 15.3. The van der Waals surface area contributed by atoms with Crippen molar-refractivity contribution in [2.75, 3.05) is 32.6 Å². The fraction of sp³-hybridized carbons (Fsp3) is 0.467. The lowest BCUT2D eigenvalue weighted by atomic mass is 10.2. The Morgan fingerprint density at radius 3 is 2.76 bits per heavy atom. The predicted octanol–water partition coefficient (Wildman–Crippen LogP) is 1.29. The SMILES string of the molecule is CN(C)CCOc1cccc(NC(=O)[C@@H]2C[C@@H]2C(=O)O)c1. The number of carboxylic acids is 1. The van der Waals surface area contributed by atoms with Crippen molar-refractivity contribution >= 4 is 17.6 Å². The molecule has 21 heavy (non-hydrogen) atoms. The zero-order chi connectivity index (χ0) is 15.4. The molecule has 1 aromatic carbocycles. The highest BCUT2D eigenvalue weighted by molar-refractivity contribution is 5.98. The number of likely N-dealkylation sites (N-methyl/N-ethyl adjacent to an activating group) is 1. The predicted molar refractivity (Wildman–Crippen MR) is 78.4 cm³/mol. The third kappa shape index (κ3) is 4.46. The summed E-state index contributed by atoms with van der Waals surface area (Å²) < 4.78 is 5.59. The Labute approximate surface area is 123 Å². The van der Waals surface area contributed by atoms with Gasteiger partial charge in [-0.2, -0.15) is 0 Å². The molecule has 0 aromatic heterocycles. The molecule has 1 aliphatic carbocycles. The standard InChI is InChI=1S/C15H20N2O4/c1-17(2)6-7-21-11-5-3-4-10(8-11)16-14(18)12-9-13(12)15(19)20/h3-5,8,12-13H,6-7,9H2,1-2H3,(H,16,18)(H,19,20)/t12-,13+/m1/s1. The molecule has 6 heteroatoms. The van der Waals surface area contributed by atoms with E-state index in [4.69, 9.17) is 9.84 Å². The Morgan fingerprint density at radius 1 is 1.38 bits per heavy atom. The summed E-state index contributed by atoms with van der Waals surface area (Å²) in [7, 11) is 3.93. The molecular weight excluding hydrogens is 272 g/mol. The molecule has 114 valence electrons. The third-order valence-electron chi connectivity index (χ3n) is 3.35. The van der Waals surface area contributed by atoms with Gasteiger partial charge in [-0.05, 0) is 32.6 Å². The molecule has 2 atom stereocenters. The summed E-state index contributed by atoms with van der Waals surface area (Å²) in [5, 5.41) is 11.6. The zero-order valence-corrected chi connectivity index (χ0v) is 12.2. The maximum atomic E-state index is 11.9. The van der Waals surface area contributed by atoms with Crippen molar-refractivity contribution < 1.29 is 19.4 Å². The number of ether oxygens (including phenoxy) is 1. The zero-order valence-electron chi connectivity index (χ0n) is 12.2. The molecule has 0 unspecified atom stereocenters. The topological polar surface area (TPSA) is 78.9 Å². The maximum absolute atomic E-state index is 11.9. The third-order valence-corrected chi connectivity index (χ3v) is 3.35. The van der Waals surface area contributed by atoms with Crippen LogP contribution in [-0.4, -0.2) is 49.1 Å². The average Bonchev–Trinajstić information content (AvgIpc) is 3.19. The van der Waals surface area contributed by atoms with Crippen molar-refractivity contribution in [3.8, 4) is 5.75 Å². The number of benzene rings is 1. The number of rotatable bonds is 7. The van der Waals surface area contributed by atoms with Gasteiger partial charge in [0.25, 0.3) is 0 Å². The lowest BCUT2D eigenvalue weighted by Gasteiger charge is -2.12. The monoisotopic (exact) mass is 292 g/mol. The number of nitrogens with one attached hydrogen (secondary N) is 1. The first-order valence-electron chi connectivity index (χ1n) is 6.88. The second-order valence-electron chi connectivity index (χ2n) is 5.46. The largest absolute Gasteiger partial charge is 0.492 e. The minimum atomic E-state index is -0.907. The lowest BCUT2D eigenvalue weighted by molar-refractivity contribution is -0.139. The molecule has 1 fully saturated rings. The molecule has 1 aromatic rings. The summed E-state index contributed by atoms with van der Waals surface area (Å²) in [6, 6.07) is 7.12. The fourth-order valence-electron chi connectivity index (χ4n) is 2.00. The molecule has 6 nitrogen and oxygen atoms in total. The first-order chi connectivity index (χ1) is 9.97. The highest BCUT2D eigenvalue weighted by Gasteiger charge is 2.48. The van der Waals surface area contributed by atoms with Crippen LogP contribution < -0.4 is 10.1 Å². The van der Waals surface area contributed by atoms with Gasteiger partial charge < -0.3 is 20.1 Å².